The molecule has 1 unspecified atom stereocenters. The van der Waals surface area contributed by atoms with Gasteiger partial charge in [-0.15, -0.1) is 0 Å². The van der Waals surface area contributed by atoms with Crippen LogP contribution in [0.4, 0.5) is 0 Å². The number of carboxylic acids is 1. The number of methoxy groups -OCH3 is 1. The van der Waals surface area contributed by atoms with Gasteiger partial charge in [-0.05, 0) is 30.2 Å². The van der Waals surface area contributed by atoms with Crippen molar-refractivity contribution in [3.05, 3.63) is 35.7 Å². The lowest BCUT2D eigenvalue weighted by Crippen LogP contribution is -2.10. The summed E-state index contributed by atoms with van der Waals surface area (Å²) in [5, 5.41) is 12.8. The number of carboxylic acid groups (broad SMARTS) is 1. The molecular weight excluding hydrogens is 260 g/mol. The van der Waals surface area contributed by atoms with Crippen molar-refractivity contribution in [2.24, 2.45) is 5.92 Å². The quantitative estimate of drug-likeness (QED) is 0.903. The second-order valence-electron chi connectivity index (χ2n) is 4.74. The third-order valence-corrected chi connectivity index (χ3v) is 2.93. The van der Waals surface area contributed by atoms with Gasteiger partial charge in [0.25, 0.3) is 5.89 Å². The molecule has 1 aromatic heterocycles. The Hall–Kier alpha value is -2.21. The molecule has 1 atom stereocenters. The fourth-order valence-corrected chi connectivity index (χ4v) is 1.90. The van der Waals surface area contributed by atoms with E-state index in [1.54, 1.807) is 19.2 Å². The average Bonchev–Trinajstić information content (AvgIpc) is 2.88. The van der Waals surface area contributed by atoms with Gasteiger partial charge in [0, 0.05) is 12.7 Å². The molecule has 6 heteroatoms. The van der Waals surface area contributed by atoms with Crippen molar-refractivity contribution in [1.82, 2.24) is 10.1 Å². The van der Waals surface area contributed by atoms with Crippen LogP contribution in [-0.4, -0.2) is 28.3 Å². The van der Waals surface area contributed by atoms with Gasteiger partial charge in [0.1, 0.15) is 6.10 Å². The van der Waals surface area contributed by atoms with Gasteiger partial charge in [-0.2, -0.15) is 4.98 Å². The first-order valence-electron chi connectivity index (χ1n) is 6.23. The molecule has 106 valence electrons. The van der Waals surface area contributed by atoms with Crippen molar-refractivity contribution in [2.45, 2.75) is 20.0 Å². The van der Waals surface area contributed by atoms with Crippen molar-refractivity contribution < 1.29 is 19.2 Å². The number of rotatable bonds is 5. The molecule has 2 aromatic rings. The highest BCUT2D eigenvalue weighted by Crippen LogP contribution is 2.25. The third-order valence-electron chi connectivity index (χ3n) is 2.93. The van der Waals surface area contributed by atoms with E-state index < -0.39 is 5.97 Å². The van der Waals surface area contributed by atoms with E-state index in [0.717, 1.165) is 0 Å². The molecule has 1 aromatic carbocycles. The maximum Gasteiger partial charge on any atom is 0.335 e. The second-order valence-corrected chi connectivity index (χ2v) is 4.74. The number of aromatic carboxylic acids is 1. The van der Waals surface area contributed by atoms with Crippen LogP contribution in [0.2, 0.25) is 0 Å². The Kier molecular flexibility index (Phi) is 4.14. The monoisotopic (exact) mass is 276 g/mol. The Balaban J connectivity index is 2.26. The summed E-state index contributed by atoms with van der Waals surface area (Å²) < 4.78 is 10.5. The molecule has 0 spiro atoms. The van der Waals surface area contributed by atoms with Gasteiger partial charge in [0.2, 0.25) is 5.82 Å². The average molecular weight is 276 g/mol. The van der Waals surface area contributed by atoms with Crippen LogP contribution in [-0.2, 0) is 4.74 Å². The summed E-state index contributed by atoms with van der Waals surface area (Å²) in [6.45, 7) is 4.01. The third kappa shape index (κ3) is 2.85. The fraction of sp³-hybridized carbons (Fsp3) is 0.357. The van der Waals surface area contributed by atoms with Gasteiger partial charge in [0.05, 0.1) is 5.56 Å². The number of benzene rings is 1. The van der Waals surface area contributed by atoms with Crippen LogP contribution in [0.5, 0.6) is 0 Å². The lowest BCUT2D eigenvalue weighted by atomic mass is 10.1. The van der Waals surface area contributed by atoms with Crippen LogP contribution in [0.15, 0.2) is 28.8 Å². The Bertz CT molecular complexity index is 589. The van der Waals surface area contributed by atoms with Crippen LogP contribution < -0.4 is 0 Å². The summed E-state index contributed by atoms with van der Waals surface area (Å²) in [7, 11) is 1.60. The predicted molar refractivity (Wildman–Crippen MR) is 71.3 cm³/mol. The summed E-state index contributed by atoms with van der Waals surface area (Å²) in [5.41, 5.74) is 0.887. The number of hydrogen-bond donors (Lipinski definition) is 1. The fourth-order valence-electron chi connectivity index (χ4n) is 1.90. The second kappa shape index (κ2) is 5.83. The SMILES string of the molecule is COC(c1noc(-c2ccc(C(=O)O)cc2)n1)C(C)C. The molecule has 1 N–H and O–H groups in total. The molecule has 0 fully saturated rings. The normalized spacial score (nSPS) is 12.6. The van der Waals surface area contributed by atoms with E-state index in [9.17, 15) is 4.79 Å². The van der Waals surface area contributed by atoms with Crippen molar-refractivity contribution in [1.29, 1.82) is 0 Å². The zero-order valence-electron chi connectivity index (χ0n) is 11.5. The van der Waals surface area contributed by atoms with Crippen LogP contribution in [0.25, 0.3) is 11.5 Å². The van der Waals surface area contributed by atoms with Crippen molar-refractivity contribution in [3.8, 4) is 11.5 Å². The van der Waals surface area contributed by atoms with Crippen LogP contribution in [0.1, 0.15) is 36.1 Å². The molecule has 0 amide bonds. The molecule has 0 aliphatic rings. The molecule has 0 saturated carbocycles. The van der Waals surface area contributed by atoms with Crippen LogP contribution in [0, 0.1) is 5.92 Å². The number of nitrogens with zero attached hydrogens (tertiary/aromatic N) is 2. The van der Waals surface area contributed by atoms with E-state index in [1.165, 1.54) is 12.1 Å². The van der Waals surface area contributed by atoms with Gasteiger partial charge < -0.3 is 14.4 Å². The van der Waals surface area contributed by atoms with Gasteiger partial charge in [-0.25, -0.2) is 4.79 Å². The summed E-state index contributed by atoms with van der Waals surface area (Å²) in [4.78, 5) is 15.1. The lowest BCUT2D eigenvalue weighted by Gasteiger charge is -2.14. The number of hydrogen-bond acceptors (Lipinski definition) is 5. The smallest absolute Gasteiger partial charge is 0.335 e. The molecule has 6 nitrogen and oxygen atoms in total. The van der Waals surface area contributed by atoms with E-state index in [0.29, 0.717) is 17.3 Å². The summed E-state index contributed by atoms with van der Waals surface area (Å²) in [6, 6.07) is 6.27. The molecule has 0 radical (unpaired) electrons. The van der Waals surface area contributed by atoms with E-state index in [-0.39, 0.29) is 17.6 Å². The van der Waals surface area contributed by atoms with E-state index >= 15 is 0 Å². The molecule has 0 saturated heterocycles. The Morgan fingerprint density at radius 2 is 1.95 bits per heavy atom. The molecular formula is C14H16N2O4. The zero-order chi connectivity index (χ0) is 14.7. The largest absolute Gasteiger partial charge is 0.478 e. The Morgan fingerprint density at radius 1 is 1.30 bits per heavy atom. The maximum absolute atomic E-state index is 10.8. The predicted octanol–water partition coefficient (Wildman–Crippen LogP) is 2.78. The first kappa shape index (κ1) is 14.2. The summed E-state index contributed by atoms with van der Waals surface area (Å²) in [5.74, 6) is 0.0845. The van der Waals surface area contributed by atoms with Gasteiger partial charge in [-0.1, -0.05) is 19.0 Å². The first-order chi connectivity index (χ1) is 9.52. The highest BCUT2D eigenvalue weighted by molar-refractivity contribution is 5.88. The van der Waals surface area contributed by atoms with Gasteiger partial charge in [-0.3, -0.25) is 0 Å². The molecule has 0 aliphatic carbocycles. The Labute approximate surface area is 116 Å². The minimum absolute atomic E-state index is 0.213. The summed E-state index contributed by atoms with van der Waals surface area (Å²) in [6.07, 6.45) is -0.231. The molecule has 20 heavy (non-hydrogen) atoms. The van der Waals surface area contributed by atoms with Gasteiger partial charge >= 0.3 is 5.97 Å². The minimum Gasteiger partial charge on any atom is -0.478 e. The van der Waals surface area contributed by atoms with Crippen molar-refractivity contribution in [2.75, 3.05) is 7.11 Å². The lowest BCUT2D eigenvalue weighted by molar-refractivity contribution is 0.0556. The highest BCUT2D eigenvalue weighted by Gasteiger charge is 2.21. The molecule has 0 bridgehead atoms. The topological polar surface area (TPSA) is 85.5 Å². The van der Waals surface area contributed by atoms with Crippen LogP contribution >= 0.6 is 0 Å². The molecule has 0 aliphatic heterocycles. The number of aromatic nitrogens is 2. The van der Waals surface area contributed by atoms with E-state index in [2.05, 4.69) is 10.1 Å². The van der Waals surface area contributed by atoms with Crippen molar-refractivity contribution >= 4 is 5.97 Å². The van der Waals surface area contributed by atoms with Crippen molar-refractivity contribution in [3.63, 3.8) is 0 Å². The number of ether oxygens (including phenoxy) is 1. The zero-order valence-corrected chi connectivity index (χ0v) is 11.5. The minimum atomic E-state index is -0.970. The number of carbonyl (C=O) groups is 1. The maximum atomic E-state index is 10.8. The van der Waals surface area contributed by atoms with Gasteiger partial charge in [0.15, 0.2) is 0 Å². The van der Waals surface area contributed by atoms with E-state index in [1.807, 2.05) is 13.8 Å². The standard InChI is InChI=1S/C14H16N2O4/c1-8(2)11(19-3)12-15-13(20-16-12)9-4-6-10(7-5-9)14(17)18/h4-8,11H,1-3H3,(H,17,18). The summed E-state index contributed by atoms with van der Waals surface area (Å²) >= 11 is 0. The first-order valence-corrected chi connectivity index (χ1v) is 6.23. The Morgan fingerprint density at radius 3 is 2.45 bits per heavy atom. The molecule has 1 heterocycles. The molecule has 2 rings (SSSR count). The highest BCUT2D eigenvalue weighted by atomic mass is 16.5. The van der Waals surface area contributed by atoms with E-state index in [4.69, 9.17) is 14.4 Å². The van der Waals surface area contributed by atoms with Crippen LogP contribution in [0.3, 0.4) is 0 Å².